The minimum atomic E-state index is 0.564. The molecule has 0 fully saturated rings. The number of hydrogen-bond donors (Lipinski definition) is 1. The summed E-state index contributed by atoms with van der Waals surface area (Å²) >= 11 is 0. The van der Waals surface area contributed by atoms with E-state index in [1.54, 1.807) is 21.6 Å². The van der Waals surface area contributed by atoms with Crippen LogP contribution in [0, 0.1) is 13.8 Å². The lowest BCUT2D eigenvalue weighted by Crippen LogP contribution is -2.07. The number of tetrazole rings is 1. The molecule has 0 aliphatic heterocycles. The van der Waals surface area contributed by atoms with Crippen molar-refractivity contribution in [2.24, 2.45) is 0 Å². The molecule has 3 aromatic rings. The van der Waals surface area contributed by atoms with Crippen LogP contribution in [0.1, 0.15) is 11.4 Å². The Kier molecular flexibility index (Phi) is 1.85. The van der Waals surface area contributed by atoms with E-state index in [0.29, 0.717) is 17.2 Å². The van der Waals surface area contributed by atoms with Crippen LogP contribution in [0.15, 0.2) is 12.4 Å². The summed E-state index contributed by atoms with van der Waals surface area (Å²) in [7, 11) is 0. The number of nitrogens with two attached hydrogens (primary N) is 1. The van der Waals surface area contributed by atoms with Gasteiger partial charge in [-0.2, -0.15) is 9.61 Å². The molecule has 0 aliphatic rings. The van der Waals surface area contributed by atoms with Crippen molar-refractivity contribution in [1.82, 2.24) is 34.8 Å². The first kappa shape index (κ1) is 9.70. The zero-order valence-corrected chi connectivity index (χ0v) is 9.36. The number of aryl methyl sites for hydroxylation is 1. The molecule has 17 heavy (non-hydrogen) atoms. The molecule has 86 valence electrons. The number of nitrogen functional groups attached to an aromatic ring is 1. The first-order chi connectivity index (χ1) is 8.18. The summed E-state index contributed by atoms with van der Waals surface area (Å²) in [5.74, 6) is 0.657. The van der Waals surface area contributed by atoms with Crippen molar-refractivity contribution in [3.8, 4) is 5.82 Å². The third-order valence-electron chi connectivity index (χ3n) is 2.65. The van der Waals surface area contributed by atoms with Crippen molar-refractivity contribution in [1.29, 1.82) is 0 Å². The van der Waals surface area contributed by atoms with Crippen molar-refractivity contribution in [3.05, 3.63) is 23.8 Å². The standard InChI is InChI=1S/C9H10N8/c1-5-9(10)6(2)16(13-5)8-4-11-3-7-12-14-15-17(7)8/h3-4H,10H2,1-2H3. The molecule has 0 unspecified atom stereocenters. The summed E-state index contributed by atoms with van der Waals surface area (Å²) in [4.78, 5) is 4.08. The Labute approximate surface area is 96.1 Å². The summed E-state index contributed by atoms with van der Waals surface area (Å²) < 4.78 is 3.24. The average Bonchev–Trinajstić information content (AvgIpc) is 2.89. The molecule has 0 bridgehead atoms. The van der Waals surface area contributed by atoms with Gasteiger partial charge in [-0.3, -0.25) is 4.98 Å². The Balaban J connectivity index is 2.34. The fourth-order valence-electron chi connectivity index (χ4n) is 1.69. The highest BCUT2D eigenvalue weighted by atomic mass is 15.5. The largest absolute Gasteiger partial charge is 0.396 e. The molecule has 8 heteroatoms. The fourth-order valence-corrected chi connectivity index (χ4v) is 1.69. The summed E-state index contributed by atoms with van der Waals surface area (Å²) in [6.07, 6.45) is 3.22. The van der Waals surface area contributed by atoms with E-state index >= 15 is 0 Å². The third-order valence-corrected chi connectivity index (χ3v) is 2.65. The van der Waals surface area contributed by atoms with Gasteiger partial charge in [0.05, 0.1) is 29.5 Å². The maximum absolute atomic E-state index is 5.89. The Bertz CT molecular complexity index is 694. The molecule has 8 nitrogen and oxygen atoms in total. The van der Waals surface area contributed by atoms with Crippen LogP contribution >= 0.6 is 0 Å². The van der Waals surface area contributed by atoms with Crippen LogP contribution in [0.3, 0.4) is 0 Å². The van der Waals surface area contributed by atoms with Gasteiger partial charge in [0, 0.05) is 0 Å². The van der Waals surface area contributed by atoms with E-state index in [9.17, 15) is 0 Å². The van der Waals surface area contributed by atoms with Gasteiger partial charge in [0.15, 0.2) is 11.5 Å². The van der Waals surface area contributed by atoms with Gasteiger partial charge in [-0.1, -0.05) is 0 Å². The van der Waals surface area contributed by atoms with Gasteiger partial charge < -0.3 is 5.73 Å². The summed E-state index contributed by atoms with van der Waals surface area (Å²) in [5, 5.41) is 15.7. The quantitative estimate of drug-likeness (QED) is 0.626. The van der Waals surface area contributed by atoms with E-state index in [-0.39, 0.29) is 0 Å². The molecule has 0 aliphatic carbocycles. The van der Waals surface area contributed by atoms with E-state index in [1.807, 2.05) is 13.8 Å². The first-order valence-corrected chi connectivity index (χ1v) is 5.02. The van der Waals surface area contributed by atoms with Gasteiger partial charge >= 0.3 is 0 Å². The molecular formula is C9H10N8. The molecule has 0 radical (unpaired) electrons. The summed E-state index contributed by atoms with van der Waals surface area (Å²) in [6, 6.07) is 0. The Morgan fingerprint density at radius 2 is 2.06 bits per heavy atom. The van der Waals surface area contributed by atoms with Gasteiger partial charge in [-0.25, -0.2) is 4.68 Å². The van der Waals surface area contributed by atoms with Crippen LogP contribution in [0.5, 0.6) is 0 Å². The van der Waals surface area contributed by atoms with Crippen molar-refractivity contribution in [2.75, 3.05) is 5.73 Å². The van der Waals surface area contributed by atoms with E-state index in [4.69, 9.17) is 5.73 Å². The zero-order valence-electron chi connectivity index (χ0n) is 9.36. The molecule has 3 heterocycles. The van der Waals surface area contributed by atoms with Crippen LogP contribution < -0.4 is 5.73 Å². The molecule has 0 spiro atoms. The number of nitrogens with zero attached hydrogens (tertiary/aromatic N) is 7. The second-order valence-corrected chi connectivity index (χ2v) is 3.71. The molecule has 2 N–H and O–H groups in total. The fraction of sp³-hybridized carbons (Fsp3) is 0.222. The lowest BCUT2D eigenvalue weighted by atomic mass is 10.3. The lowest BCUT2D eigenvalue weighted by Gasteiger charge is -2.04. The smallest absolute Gasteiger partial charge is 0.199 e. The van der Waals surface area contributed by atoms with E-state index in [2.05, 4.69) is 25.6 Å². The maximum atomic E-state index is 5.89. The number of aromatic nitrogens is 7. The molecule has 0 atom stereocenters. The molecule has 0 saturated carbocycles. The molecule has 0 saturated heterocycles. The van der Waals surface area contributed by atoms with E-state index in [0.717, 1.165) is 11.4 Å². The number of anilines is 1. The van der Waals surface area contributed by atoms with Crippen LogP contribution in [0.25, 0.3) is 11.5 Å². The zero-order chi connectivity index (χ0) is 12.0. The van der Waals surface area contributed by atoms with Crippen molar-refractivity contribution < 1.29 is 0 Å². The third kappa shape index (κ3) is 1.27. The first-order valence-electron chi connectivity index (χ1n) is 5.02. The highest BCUT2D eigenvalue weighted by molar-refractivity contribution is 5.50. The highest BCUT2D eigenvalue weighted by Crippen LogP contribution is 2.18. The SMILES string of the molecule is Cc1nn(-c2cncc3nnnn23)c(C)c1N. The van der Waals surface area contributed by atoms with Crippen LogP contribution in [0.2, 0.25) is 0 Å². The molecule has 0 aromatic carbocycles. The van der Waals surface area contributed by atoms with Gasteiger partial charge in [0.2, 0.25) is 0 Å². The van der Waals surface area contributed by atoms with Crippen molar-refractivity contribution >= 4 is 11.3 Å². The lowest BCUT2D eigenvalue weighted by molar-refractivity contribution is 0.729. The van der Waals surface area contributed by atoms with Crippen LogP contribution in [-0.4, -0.2) is 34.8 Å². The number of hydrogen-bond acceptors (Lipinski definition) is 6. The minimum Gasteiger partial charge on any atom is -0.396 e. The van der Waals surface area contributed by atoms with Gasteiger partial charge in [0.25, 0.3) is 0 Å². The minimum absolute atomic E-state index is 0.564. The molecule has 3 aromatic heterocycles. The second kappa shape index (κ2) is 3.24. The molecule has 3 rings (SSSR count). The van der Waals surface area contributed by atoms with E-state index < -0.39 is 0 Å². The monoisotopic (exact) mass is 230 g/mol. The van der Waals surface area contributed by atoms with Crippen molar-refractivity contribution in [2.45, 2.75) is 13.8 Å². The Hall–Kier alpha value is -2.51. The Morgan fingerprint density at radius 1 is 1.24 bits per heavy atom. The Morgan fingerprint density at radius 3 is 2.76 bits per heavy atom. The summed E-state index contributed by atoms with van der Waals surface area (Å²) in [5.41, 5.74) is 8.73. The summed E-state index contributed by atoms with van der Waals surface area (Å²) in [6.45, 7) is 3.74. The van der Waals surface area contributed by atoms with E-state index in [1.165, 1.54) is 0 Å². The average molecular weight is 230 g/mol. The second-order valence-electron chi connectivity index (χ2n) is 3.71. The highest BCUT2D eigenvalue weighted by Gasteiger charge is 2.13. The van der Waals surface area contributed by atoms with Gasteiger partial charge in [-0.05, 0) is 24.3 Å². The van der Waals surface area contributed by atoms with Crippen LogP contribution in [-0.2, 0) is 0 Å². The number of fused-ring (bicyclic) bond motifs is 1. The predicted molar refractivity (Wildman–Crippen MR) is 59.6 cm³/mol. The normalized spacial score (nSPS) is 11.2. The topological polar surface area (TPSA) is 99.8 Å². The van der Waals surface area contributed by atoms with Crippen LogP contribution in [0.4, 0.5) is 5.69 Å². The maximum Gasteiger partial charge on any atom is 0.199 e. The molecule has 0 amide bonds. The van der Waals surface area contributed by atoms with Crippen molar-refractivity contribution in [3.63, 3.8) is 0 Å². The van der Waals surface area contributed by atoms with Gasteiger partial charge in [0.1, 0.15) is 0 Å². The van der Waals surface area contributed by atoms with Gasteiger partial charge in [-0.15, -0.1) is 5.10 Å². The molecular weight excluding hydrogens is 220 g/mol. The number of rotatable bonds is 1. The predicted octanol–water partition coefficient (Wildman–Crippen LogP) is -0.0960.